The molecule has 0 saturated carbocycles. The number of hydrogen-bond acceptors (Lipinski definition) is 6. The Bertz CT molecular complexity index is 993. The monoisotopic (exact) mass is 394 g/mol. The summed E-state index contributed by atoms with van der Waals surface area (Å²) in [7, 11) is 0. The number of benzene rings is 1. The minimum atomic E-state index is -0.810. The first kappa shape index (κ1) is 18.2. The average Bonchev–Trinajstić information content (AvgIpc) is 3.43. The number of carbonyl (C=O) groups excluding carboxylic acids is 2. The quantitative estimate of drug-likeness (QED) is 0.472. The van der Waals surface area contributed by atoms with E-state index in [1.807, 2.05) is 58.7 Å². The van der Waals surface area contributed by atoms with Crippen molar-refractivity contribution in [3.63, 3.8) is 0 Å². The molecule has 6 nitrogen and oxygen atoms in total. The van der Waals surface area contributed by atoms with Gasteiger partial charge in [-0.1, -0.05) is 36.4 Å². The van der Waals surface area contributed by atoms with Gasteiger partial charge >= 0.3 is 11.9 Å². The lowest BCUT2D eigenvalue weighted by Gasteiger charge is -2.04. The maximum atomic E-state index is 12.1. The molecule has 7 heteroatoms. The molecule has 1 aliphatic rings. The molecule has 2 aromatic heterocycles. The molecule has 1 saturated heterocycles. The Hall–Kier alpha value is -3.19. The normalized spacial score (nSPS) is 16.4. The van der Waals surface area contributed by atoms with Crippen LogP contribution in [-0.4, -0.2) is 34.4 Å². The summed E-state index contributed by atoms with van der Waals surface area (Å²) >= 11 is 1.58. The first-order chi connectivity index (χ1) is 13.7. The van der Waals surface area contributed by atoms with Crippen LogP contribution in [0.3, 0.4) is 0 Å². The van der Waals surface area contributed by atoms with Crippen LogP contribution >= 0.6 is 11.3 Å². The summed E-state index contributed by atoms with van der Waals surface area (Å²) in [5.41, 5.74) is 2.75. The van der Waals surface area contributed by atoms with Crippen LogP contribution in [0, 0.1) is 0 Å². The van der Waals surface area contributed by atoms with Crippen molar-refractivity contribution < 1.29 is 19.1 Å². The number of thiophene rings is 1. The van der Waals surface area contributed by atoms with E-state index in [1.165, 1.54) is 6.08 Å². The van der Waals surface area contributed by atoms with Gasteiger partial charge in [0.05, 0.1) is 18.0 Å². The molecule has 0 aliphatic carbocycles. The number of ether oxygens (including phenoxy) is 2. The summed E-state index contributed by atoms with van der Waals surface area (Å²) in [6.45, 7) is 0.917. The van der Waals surface area contributed by atoms with Gasteiger partial charge in [0.1, 0.15) is 5.69 Å². The Morgan fingerprint density at radius 2 is 2.14 bits per heavy atom. The van der Waals surface area contributed by atoms with Crippen LogP contribution < -0.4 is 0 Å². The van der Waals surface area contributed by atoms with E-state index >= 15 is 0 Å². The Morgan fingerprint density at radius 3 is 2.86 bits per heavy atom. The first-order valence-corrected chi connectivity index (χ1v) is 9.77. The van der Waals surface area contributed by atoms with Crippen molar-refractivity contribution in [2.75, 3.05) is 6.61 Å². The molecule has 3 aromatic rings. The summed E-state index contributed by atoms with van der Waals surface area (Å²) in [5, 5.41) is 6.68. The molecule has 0 N–H and O–H groups in total. The van der Waals surface area contributed by atoms with Crippen LogP contribution in [0.5, 0.6) is 0 Å². The molecule has 0 bridgehead atoms. The molecule has 28 heavy (non-hydrogen) atoms. The summed E-state index contributed by atoms with van der Waals surface area (Å²) in [6.07, 6.45) is 4.48. The third kappa shape index (κ3) is 4.20. The second-order valence-corrected chi connectivity index (χ2v) is 7.26. The molecule has 0 radical (unpaired) electrons. The summed E-state index contributed by atoms with van der Waals surface area (Å²) in [6, 6.07) is 14.0. The lowest BCUT2D eigenvalue weighted by Crippen LogP contribution is -2.21. The second kappa shape index (κ2) is 8.22. The molecule has 1 fully saturated rings. The Morgan fingerprint density at radius 1 is 1.29 bits per heavy atom. The number of esters is 2. The number of aromatic nitrogens is 2. The van der Waals surface area contributed by atoms with Gasteiger partial charge in [0, 0.05) is 24.3 Å². The zero-order chi connectivity index (χ0) is 19.3. The minimum Gasteiger partial charge on any atom is -0.463 e. The average molecular weight is 394 g/mol. The van der Waals surface area contributed by atoms with Gasteiger partial charge in [-0.25, -0.2) is 9.59 Å². The molecule has 1 aromatic carbocycles. The molecule has 3 heterocycles. The molecule has 1 atom stereocenters. The smallest absolute Gasteiger partial charge is 0.347 e. The fourth-order valence-electron chi connectivity index (χ4n) is 2.94. The van der Waals surface area contributed by atoms with Crippen LogP contribution in [0.1, 0.15) is 17.5 Å². The van der Waals surface area contributed by atoms with E-state index in [2.05, 4.69) is 0 Å². The van der Waals surface area contributed by atoms with E-state index in [0.29, 0.717) is 13.0 Å². The summed E-state index contributed by atoms with van der Waals surface area (Å²) in [4.78, 5) is 24.5. The number of nitrogens with zero attached hydrogens (tertiary/aromatic N) is 2. The van der Waals surface area contributed by atoms with E-state index < -0.39 is 18.0 Å². The van der Waals surface area contributed by atoms with Crippen molar-refractivity contribution in [3.05, 3.63) is 71.2 Å². The van der Waals surface area contributed by atoms with Crippen molar-refractivity contribution >= 4 is 29.4 Å². The van der Waals surface area contributed by atoms with Crippen LogP contribution in [-0.2, 0) is 25.6 Å². The van der Waals surface area contributed by atoms with Gasteiger partial charge in [-0.05, 0) is 23.1 Å². The Balaban J connectivity index is 1.54. The van der Waals surface area contributed by atoms with Gasteiger partial charge in [0.15, 0.2) is 0 Å². The zero-order valence-corrected chi connectivity index (χ0v) is 15.8. The highest BCUT2D eigenvalue weighted by molar-refractivity contribution is 7.13. The molecular formula is C21H18N2O4S. The predicted molar refractivity (Wildman–Crippen MR) is 106 cm³/mol. The molecule has 4 rings (SSSR count). The highest BCUT2D eigenvalue weighted by Gasteiger charge is 2.29. The number of cyclic esters (lactones) is 1. The molecule has 142 valence electrons. The van der Waals surface area contributed by atoms with E-state index in [1.54, 1.807) is 17.4 Å². The van der Waals surface area contributed by atoms with Gasteiger partial charge in [-0.3, -0.25) is 4.68 Å². The molecule has 1 aliphatic heterocycles. The fourth-order valence-corrected chi connectivity index (χ4v) is 3.67. The lowest BCUT2D eigenvalue weighted by molar-refractivity contribution is -0.156. The molecule has 0 amide bonds. The van der Waals surface area contributed by atoms with Crippen molar-refractivity contribution in [3.8, 4) is 10.6 Å². The largest absolute Gasteiger partial charge is 0.463 e. The van der Waals surface area contributed by atoms with Gasteiger partial charge in [-0.15, -0.1) is 11.3 Å². The van der Waals surface area contributed by atoms with Gasteiger partial charge in [-0.2, -0.15) is 5.10 Å². The van der Waals surface area contributed by atoms with E-state index in [9.17, 15) is 9.59 Å². The van der Waals surface area contributed by atoms with E-state index in [4.69, 9.17) is 14.6 Å². The van der Waals surface area contributed by atoms with E-state index in [0.717, 1.165) is 21.7 Å². The molecular weight excluding hydrogens is 376 g/mol. The fraction of sp³-hybridized carbons (Fsp3) is 0.190. The van der Waals surface area contributed by atoms with Crippen LogP contribution in [0.4, 0.5) is 0 Å². The van der Waals surface area contributed by atoms with Crippen LogP contribution in [0.25, 0.3) is 16.6 Å². The summed E-state index contributed by atoms with van der Waals surface area (Å²) < 4.78 is 11.8. The van der Waals surface area contributed by atoms with Crippen LogP contribution in [0.2, 0.25) is 0 Å². The van der Waals surface area contributed by atoms with Crippen molar-refractivity contribution in [1.29, 1.82) is 0 Å². The maximum absolute atomic E-state index is 12.1. The predicted octanol–water partition coefficient (Wildman–Crippen LogP) is 3.53. The third-order valence-electron chi connectivity index (χ3n) is 4.28. The first-order valence-electron chi connectivity index (χ1n) is 8.89. The van der Waals surface area contributed by atoms with Gasteiger partial charge in [0.2, 0.25) is 6.10 Å². The van der Waals surface area contributed by atoms with Crippen molar-refractivity contribution in [1.82, 2.24) is 9.78 Å². The van der Waals surface area contributed by atoms with Gasteiger partial charge in [0.25, 0.3) is 0 Å². The van der Waals surface area contributed by atoms with Crippen molar-refractivity contribution in [2.24, 2.45) is 0 Å². The standard InChI is InChI=1S/C21H18N2O4S/c24-19(27-17-10-11-26-21(17)25)9-8-16-14-23(13-15-5-2-1-3-6-15)22-20(16)18-7-4-12-28-18/h1-9,12,14,17H,10-11,13H2/b9-8+/t17-/m1/s1. The topological polar surface area (TPSA) is 70.4 Å². The number of hydrogen-bond donors (Lipinski definition) is 0. The molecule has 0 spiro atoms. The maximum Gasteiger partial charge on any atom is 0.347 e. The van der Waals surface area contributed by atoms with Gasteiger partial charge < -0.3 is 9.47 Å². The SMILES string of the molecule is O=C(/C=C/c1cn(Cc2ccccc2)nc1-c1cccs1)O[C@@H]1CCOC1=O. The van der Waals surface area contributed by atoms with E-state index in [-0.39, 0.29) is 6.61 Å². The third-order valence-corrected chi connectivity index (χ3v) is 5.15. The highest BCUT2D eigenvalue weighted by atomic mass is 32.1. The van der Waals surface area contributed by atoms with Crippen molar-refractivity contribution in [2.45, 2.75) is 19.1 Å². The minimum absolute atomic E-state index is 0.287. The zero-order valence-electron chi connectivity index (χ0n) is 15.0. The highest BCUT2D eigenvalue weighted by Crippen LogP contribution is 2.28. The second-order valence-electron chi connectivity index (χ2n) is 6.31. The molecule has 0 unspecified atom stereocenters. The summed E-state index contributed by atoms with van der Waals surface area (Å²) in [5.74, 6) is -1.06. The number of rotatable bonds is 6. The Kier molecular flexibility index (Phi) is 5.34. The van der Waals surface area contributed by atoms with Crippen LogP contribution in [0.15, 0.2) is 60.1 Å². The Labute approximate surface area is 166 Å². The lowest BCUT2D eigenvalue weighted by atomic mass is 10.2. The number of carbonyl (C=O) groups is 2.